The van der Waals surface area contributed by atoms with E-state index in [1.807, 2.05) is 49.4 Å². The van der Waals surface area contributed by atoms with Crippen molar-refractivity contribution in [1.82, 2.24) is 4.90 Å². The van der Waals surface area contributed by atoms with E-state index in [-0.39, 0.29) is 17.9 Å². The average molecular weight is 472 g/mol. The van der Waals surface area contributed by atoms with Gasteiger partial charge in [0.15, 0.2) is 11.5 Å². The zero-order chi connectivity index (χ0) is 25.2. The molecular formula is C28H29N3O4. The predicted molar refractivity (Wildman–Crippen MR) is 134 cm³/mol. The summed E-state index contributed by atoms with van der Waals surface area (Å²) >= 11 is 0. The van der Waals surface area contributed by atoms with Gasteiger partial charge in [0.2, 0.25) is 5.91 Å². The third-order valence-corrected chi connectivity index (χ3v) is 5.72. The van der Waals surface area contributed by atoms with E-state index in [0.29, 0.717) is 47.8 Å². The number of hydrogen-bond acceptors (Lipinski definition) is 5. The lowest BCUT2D eigenvalue weighted by Gasteiger charge is -2.26. The molecule has 7 nitrogen and oxygen atoms in total. The summed E-state index contributed by atoms with van der Waals surface area (Å²) in [5.74, 6) is 0.834. The second kappa shape index (κ2) is 12.2. The van der Waals surface area contributed by atoms with E-state index in [2.05, 4.69) is 11.4 Å². The van der Waals surface area contributed by atoms with Gasteiger partial charge in [0.25, 0.3) is 5.91 Å². The van der Waals surface area contributed by atoms with Crippen LogP contribution in [0.5, 0.6) is 11.5 Å². The molecule has 0 saturated heterocycles. The molecule has 7 heteroatoms. The summed E-state index contributed by atoms with van der Waals surface area (Å²) in [6.45, 7) is 2.30. The standard InChI is InChI=1S/C28H29N3O4/c1-20(23-11-7-12-24(18-23)30-28(33)22-9-5-4-6-10-22)31(2)27(32)13-8-16-35-25-15-14-21(19-29)17-26(25)34-3/h4-7,9-12,14-15,17-18,20H,8,13,16H2,1-3H3,(H,30,33). The maximum absolute atomic E-state index is 12.8. The average Bonchev–Trinajstić information content (AvgIpc) is 2.90. The predicted octanol–water partition coefficient (Wildman–Crippen LogP) is 5.20. The van der Waals surface area contributed by atoms with Crippen molar-refractivity contribution in [3.05, 3.63) is 89.5 Å². The molecule has 3 aromatic carbocycles. The van der Waals surface area contributed by atoms with Gasteiger partial charge < -0.3 is 19.7 Å². The Balaban J connectivity index is 1.52. The summed E-state index contributed by atoms with van der Waals surface area (Å²) in [6.07, 6.45) is 0.857. The van der Waals surface area contributed by atoms with Crippen LogP contribution in [0, 0.1) is 11.3 Å². The third-order valence-electron chi connectivity index (χ3n) is 5.72. The first kappa shape index (κ1) is 25.3. The number of anilines is 1. The highest BCUT2D eigenvalue weighted by molar-refractivity contribution is 6.04. The maximum Gasteiger partial charge on any atom is 0.255 e. The van der Waals surface area contributed by atoms with Gasteiger partial charge in [-0.05, 0) is 55.3 Å². The highest BCUT2D eigenvalue weighted by Gasteiger charge is 2.18. The van der Waals surface area contributed by atoms with E-state index in [0.717, 1.165) is 5.56 Å². The maximum atomic E-state index is 12.8. The normalized spacial score (nSPS) is 11.1. The molecule has 180 valence electrons. The van der Waals surface area contributed by atoms with Crippen LogP contribution in [0.1, 0.15) is 47.3 Å². The molecule has 35 heavy (non-hydrogen) atoms. The molecule has 1 atom stereocenters. The van der Waals surface area contributed by atoms with Crippen molar-refractivity contribution >= 4 is 17.5 Å². The van der Waals surface area contributed by atoms with Crippen molar-refractivity contribution < 1.29 is 19.1 Å². The summed E-state index contributed by atoms with van der Waals surface area (Å²) in [6, 6.07) is 23.4. The summed E-state index contributed by atoms with van der Waals surface area (Å²) in [7, 11) is 3.29. The Morgan fingerprint density at radius 3 is 2.51 bits per heavy atom. The van der Waals surface area contributed by atoms with Crippen LogP contribution in [-0.4, -0.2) is 37.5 Å². The minimum atomic E-state index is -0.182. The minimum absolute atomic E-state index is 0.00776. The summed E-state index contributed by atoms with van der Waals surface area (Å²) in [4.78, 5) is 26.9. The number of carbonyl (C=O) groups excluding carboxylic acids is 2. The quantitative estimate of drug-likeness (QED) is 0.411. The van der Waals surface area contributed by atoms with E-state index in [1.54, 1.807) is 42.3 Å². The molecule has 0 aliphatic carbocycles. The van der Waals surface area contributed by atoms with E-state index >= 15 is 0 Å². The molecule has 0 fully saturated rings. The van der Waals surface area contributed by atoms with Gasteiger partial charge in [0.1, 0.15) is 0 Å². The van der Waals surface area contributed by atoms with Crippen molar-refractivity contribution in [2.24, 2.45) is 0 Å². The van der Waals surface area contributed by atoms with Gasteiger partial charge in [-0.15, -0.1) is 0 Å². The molecular weight excluding hydrogens is 442 g/mol. The number of nitrogens with one attached hydrogen (secondary N) is 1. The van der Waals surface area contributed by atoms with Crippen molar-refractivity contribution in [2.75, 3.05) is 26.1 Å². The lowest BCUT2D eigenvalue weighted by Crippen LogP contribution is -2.29. The molecule has 1 N–H and O–H groups in total. The van der Waals surface area contributed by atoms with Crippen LogP contribution >= 0.6 is 0 Å². The SMILES string of the molecule is COc1cc(C#N)ccc1OCCCC(=O)N(C)C(C)c1cccc(NC(=O)c2ccccc2)c1. The fourth-order valence-corrected chi connectivity index (χ4v) is 3.55. The van der Waals surface area contributed by atoms with Crippen molar-refractivity contribution in [2.45, 2.75) is 25.8 Å². The van der Waals surface area contributed by atoms with Crippen molar-refractivity contribution in [3.63, 3.8) is 0 Å². The Morgan fingerprint density at radius 2 is 1.80 bits per heavy atom. The van der Waals surface area contributed by atoms with Crippen LogP contribution in [0.2, 0.25) is 0 Å². The van der Waals surface area contributed by atoms with Crippen LogP contribution in [0.3, 0.4) is 0 Å². The first-order valence-electron chi connectivity index (χ1n) is 11.4. The lowest BCUT2D eigenvalue weighted by molar-refractivity contribution is -0.132. The van der Waals surface area contributed by atoms with Gasteiger partial charge in [0.05, 0.1) is 31.4 Å². The Morgan fingerprint density at radius 1 is 1.03 bits per heavy atom. The first-order valence-corrected chi connectivity index (χ1v) is 11.4. The highest BCUT2D eigenvalue weighted by Crippen LogP contribution is 2.28. The molecule has 0 bridgehead atoms. The number of rotatable bonds is 10. The Bertz CT molecular complexity index is 1200. The second-order valence-corrected chi connectivity index (χ2v) is 8.06. The van der Waals surface area contributed by atoms with Gasteiger partial charge in [-0.1, -0.05) is 30.3 Å². The van der Waals surface area contributed by atoms with E-state index in [1.165, 1.54) is 7.11 Å². The largest absolute Gasteiger partial charge is 0.493 e. The fourth-order valence-electron chi connectivity index (χ4n) is 3.55. The van der Waals surface area contributed by atoms with Crippen LogP contribution in [0.4, 0.5) is 5.69 Å². The lowest BCUT2D eigenvalue weighted by atomic mass is 10.1. The number of amides is 2. The molecule has 2 amide bonds. The highest BCUT2D eigenvalue weighted by atomic mass is 16.5. The second-order valence-electron chi connectivity index (χ2n) is 8.06. The molecule has 0 aliphatic heterocycles. The molecule has 0 aliphatic rings. The van der Waals surface area contributed by atoms with Crippen LogP contribution < -0.4 is 14.8 Å². The summed E-state index contributed by atoms with van der Waals surface area (Å²) < 4.78 is 11.0. The van der Waals surface area contributed by atoms with Crippen molar-refractivity contribution in [1.29, 1.82) is 5.26 Å². The number of ether oxygens (including phenoxy) is 2. The molecule has 3 aromatic rings. The Labute approximate surface area is 205 Å². The van der Waals surface area contributed by atoms with Gasteiger partial charge in [-0.2, -0.15) is 5.26 Å². The number of nitrogens with zero attached hydrogens (tertiary/aromatic N) is 2. The van der Waals surface area contributed by atoms with Crippen molar-refractivity contribution in [3.8, 4) is 17.6 Å². The molecule has 0 aromatic heterocycles. The molecule has 0 heterocycles. The Kier molecular flexibility index (Phi) is 8.85. The topological polar surface area (TPSA) is 91.7 Å². The number of benzene rings is 3. The molecule has 0 spiro atoms. The minimum Gasteiger partial charge on any atom is -0.493 e. The third kappa shape index (κ3) is 6.84. The molecule has 1 unspecified atom stereocenters. The van der Waals surface area contributed by atoms with Gasteiger partial charge in [-0.3, -0.25) is 9.59 Å². The van der Waals surface area contributed by atoms with Crippen LogP contribution in [0.15, 0.2) is 72.8 Å². The monoisotopic (exact) mass is 471 g/mol. The smallest absolute Gasteiger partial charge is 0.255 e. The molecule has 3 rings (SSSR count). The van der Waals surface area contributed by atoms with Gasteiger partial charge in [-0.25, -0.2) is 0 Å². The van der Waals surface area contributed by atoms with E-state index in [4.69, 9.17) is 14.7 Å². The van der Waals surface area contributed by atoms with E-state index < -0.39 is 0 Å². The van der Waals surface area contributed by atoms with Gasteiger partial charge in [0, 0.05) is 30.8 Å². The zero-order valence-electron chi connectivity index (χ0n) is 20.2. The fraction of sp³-hybridized carbons (Fsp3) is 0.250. The Hall–Kier alpha value is -4.31. The zero-order valence-corrected chi connectivity index (χ0v) is 20.2. The van der Waals surface area contributed by atoms with Crippen LogP contribution in [0.25, 0.3) is 0 Å². The molecule has 0 saturated carbocycles. The summed E-state index contributed by atoms with van der Waals surface area (Å²) in [5, 5.41) is 11.9. The van der Waals surface area contributed by atoms with Gasteiger partial charge >= 0.3 is 0 Å². The van der Waals surface area contributed by atoms with Crippen LogP contribution in [-0.2, 0) is 4.79 Å². The number of nitriles is 1. The summed E-state index contributed by atoms with van der Waals surface area (Å²) in [5.41, 5.74) is 2.67. The molecule has 0 radical (unpaired) electrons. The van der Waals surface area contributed by atoms with E-state index in [9.17, 15) is 9.59 Å². The number of methoxy groups -OCH3 is 1. The number of carbonyl (C=O) groups is 2. The first-order chi connectivity index (χ1) is 16.9. The number of hydrogen-bond donors (Lipinski definition) is 1.